The highest BCUT2D eigenvalue weighted by Gasteiger charge is 2.27. The van der Waals surface area contributed by atoms with E-state index in [1.54, 1.807) is 0 Å². The largest absolute Gasteiger partial charge is 0.279 e. The molecule has 1 aliphatic carbocycles. The second-order valence-corrected chi connectivity index (χ2v) is 4.24. The first kappa shape index (κ1) is 11.5. The van der Waals surface area contributed by atoms with Crippen molar-refractivity contribution in [1.82, 2.24) is 0 Å². The predicted molar refractivity (Wildman–Crippen MR) is 61.0 cm³/mol. The molecule has 0 spiro atoms. The molecule has 1 saturated carbocycles. The van der Waals surface area contributed by atoms with Gasteiger partial charge in [-0.2, -0.15) is 0 Å². The summed E-state index contributed by atoms with van der Waals surface area (Å²) in [6.45, 7) is 0. The highest BCUT2D eigenvalue weighted by atomic mass is 16.6. The molecule has 0 aromatic heterocycles. The predicted octanol–water partition coefficient (Wildman–Crippen LogP) is 3.16. The lowest BCUT2D eigenvalue weighted by atomic mass is 9.96. The fourth-order valence-electron chi connectivity index (χ4n) is 2.39. The normalized spacial score (nSPS) is 16.0. The monoisotopic (exact) mass is 236 g/mol. The molecule has 0 unspecified atom stereocenters. The molecule has 0 atom stereocenters. The van der Waals surface area contributed by atoms with Gasteiger partial charge in [0, 0.05) is 11.6 Å². The molecule has 0 radical (unpaired) electrons. The van der Waals surface area contributed by atoms with Gasteiger partial charge in [0.2, 0.25) is 0 Å². The maximum atomic E-state index is 10.9. The Morgan fingerprint density at radius 1 is 1.06 bits per heavy atom. The molecule has 2 rings (SSSR count). The molecule has 1 aromatic carbocycles. The molecule has 0 saturated heterocycles. The summed E-state index contributed by atoms with van der Waals surface area (Å²) in [5.74, 6) is 0.177. The number of nitrogens with zero attached hydrogens (tertiary/aromatic N) is 2. The lowest BCUT2D eigenvalue weighted by molar-refractivity contribution is -0.394. The van der Waals surface area contributed by atoms with Gasteiger partial charge in [0.1, 0.15) is 0 Å². The van der Waals surface area contributed by atoms with E-state index >= 15 is 0 Å². The zero-order chi connectivity index (χ0) is 12.4. The average Bonchev–Trinajstić information content (AvgIpc) is 2.81. The van der Waals surface area contributed by atoms with Gasteiger partial charge in [-0.1, -0.05) is 12.8 Å². The van der Waals surface area contributed by atoms with Crippen molar-refractivity contribution in [3.63, 3.8) is 0 Å². The van der Waals surface area contributed by atoms with Crippen molar-refractivity contribution in [3.8, 4) is 0 Å². The van der Waals surface area contributed by atoms with Crippen LogP contribution in [0.2, 0.25) is 0 Å². The van der Waals surface area contributed by atoms with E-state index in [2.05, 4.69) is 0 Å². The van der Waals surface area contributed by atoms with E-state index in [-0.39, 0.29) is 17.3 Å². The second kappa shape index (κ2) is 4.48. The van der Waals surface area contributed by atoms with Crippen LogP contribution in [-0.4, -0.2) is 9.85 Å². The van der Waals surface area contributed by atoms with Crippen LogP contribution in [0.1, 0.15) is 37.2 Å². The lowest BCUT2D eigenvalue weighted by Crippen LogP contribution is -2.01. The van der Waals surface area contributed by atoms with E-state index in [1.807, 2.05) is 0 Å². The van der Waals surface area contributed by atoms with Crippen LogP contribution in [0.25, 0.3) is 0 Å². The Hall–Kier alpha value is -1.98. The van der Waals surface area contributed by atoms with Crippen LogP contribution in [0.4, 0.5) is 11.4 Å². The Balaban J connectivity index is 2.44. The number of hydrogen-bond acceptors (Lipinski definition) is 4. The van der Waals surface area contributed by atoms with Crippen LogP contribution in [0.3, 0.4) is 0 Å². The summed E-state index contributed by atoms with van der Waals surface area (Å²) < 4.78 is 0. The molecule has 6 nitrogen and oxygen atoms in total. The standard InChI is InChI=1S/C11H12N2O4/c14-12(15)9-5-6-10(8-3-1-2-4-8)11(7-9)13(16)17/h5-8H,1-4H2. The molecule has 0 amide bonds. The quantitative estimate of drug-likeness (QED) is 0.595. The second-order valence-electron chi connectivity index (χ2n) is 4.24. The highest BCUT2D eigenvalue weighted by Crippen LogP contribution is 2.39. The molecule has 1 aliphatic rings. The molecule has 17 heavy (non-hydrogen) atoms. The first-order chi connectivity index (χ1) is 8.09. The molecule has 0 heterocycles. The van der Waals surface area contributed by atoms with Crippen molar-refractivity contribution in [2.24, 2.45) is 0 Å². The van der Waals surface area contributed by atoms with Gasteiger partial charge in [0.15, 0.2) is 0 Å². The minimum absolute atomic E-state index is 0.119. The van der Waals surface area contributed by atoms with Crippen LogP contribution in [-0.2, 0) is 0 Å². The van der Waals surface area contributed by atoms with Gasteiger partial charge in [0.05, 0.1) is 15.9 Å². The molecule has 1 aromatic rings. The number of benzene rings is 1. The van der Waals surface area contributed by atoms with Gasteiger partial charge in [-0.25, -0.2) is 0 Å². The number of hydrogen-bond donors (Lipinski definition) is 0. The van der Waals surface area contributed by atoms with Gasteiger partial charge < -0.3 is 0 Å². The molecule has 6 heteroatoms. The van der Waals surface area contributed by atoms with Gasteiger partial charge in [-0.15, -0.1) is 0 Å². The lowest BCUT2D eigenvalue weighted by Gasteiger charge is -2.09. The van der Waals surface area contributed by atoms with E-state index in [0.717, 1.165) is 31.7 Å². The fraction of sp³-hybridized carbons (Fsp3) is 0.455. The van der Waals surface area contributed by atoms with Crippen molar-refractivity contribution in [3.05, 3.63) is 44.0 Å². The van der Waals surface area contributed by atoms with Crippen molar-refractivity contribution >= 4 is 11.4 Å². The fourth-order valence-corrected chi connectivity index (χ4v) is 2.39. The summed E-state index contributed by atoms with van der Waals surface area (Å²) in [6, 6.07) is 3.94. The van der Waals surface area contributed by atoms with Crippen molar-refractivity contribution in [2.75, 3.05) is 0 Å². The number of rotatable bonds is 3. The summed E-state index contributed by atoms with van der Waals surface area (Å²) in [6.07, 6.45) is 3.99. The maximum Gasteiger partial charge on any atom is 0.279 e. The molecule has 1 fully saturated rings. The number of nitro benzene ring substituents is 2. The molecular formula is C11H12N2O4. The van der Waals surface area contributed by atoms with Crippen LogP contribution in [0, 0.1) is 20.2 Å². The third kappa shape index (κ3) is 2.25. The van der Waals surface area contributed by atoms with Crippen LogP contribution >= 0.6 is 0 Å². The number of non-ortho nitro benzene ring substituents is 1. The van der Waals surface area contributed by atoms with Crippen molar-refractivity contribution < 1.29 is 9.85 Å². The Labute approximate surface area is 97.6 Å². The highest BCUT2D eigenvalue weighted by molar-refractivity contribution is 5.50. The summed E-state index contributed by atoms with van der Waals surface area (Å²) in [5, 5.41) is 21.5. The average molecular weight is 236 g/mol. The van der Waals surface area contributed by atoms with Gasteiger partial charge in [-0.05, 0) is 24.8 Å². The van der Waals surface area contributed by atoms with Crippen molar-refractivity contribution in [2.45, 2.75) is 31.6 Å². The molecule has 90 valence electrons. The molecular weight excluding hydrogens is 224 g/mol. The summed E-state index contributed by atoms with van der Waals surface area (Å²) >= 11 is 0. The maximum absolute atomic E-state index is 10.9. The SMILES string of the molecule is O=[N+]([O-])c1ccc(C2CCCC2)c([N+](=O)[O-])c1. The van der Waals surface area contributed by atoms with Gasteiger partial charge >= 0.3 is 0 Å². The molecule has 0 bridgehead atoms. The smallest absolute Gasteiger partial charge is 0.258 e. The third-order valence-electron chi connectivity index (χ3n) is 3.22. The van der Waals surface area contributed by atoms with Crippen LogP contribution in [0.5, 0.6) is 0 Å². The van der Waals surface area contributed by atoms with E-state index in [4.69, 9.17) is 0 Å². The van der Waals surface area contributed by atoms with E-state index in [1.165, 1.54) is 12.1 Å². The third-order valence-corrected chi connectivity index (χ3v) is 3.22. The summed E-state index contributed by atoms with van der Waals surface area (Å²) in [7, 11) is 0. The first-order valence-electron chi connectivity index (χ1n) is 5.52. The van der Waals surface area contributed by atoms with Gasteiger partial charge in [-0.3, -0.25) is 20.2 Å². The minimum atomic E-state index is -0.606. The topological polar surface area (TPSA) is 86.3 Å². The molecule has 0 aliphatic heterocycles. The van der Waals surface area contributed by atoms with Crippen molar-refractivity contribution in [1.29, 1.82) is 0 Å². The minimum Gasteiger partial charge on any atom is -0.258 e. The van der Waals surface area contributed by atoms with E-state index in [0.29, 0.717) is 5.56 Å². The summed E-state index contributed by atoms with van der Waals surface area (Å²) in [5.41, 5.74) is 0.294. The first-order valence-corrected chi connectivity index (χ1v) is 5.52. The summed E-state index contributed by atoms with van der Waals surface area (Å²) in [4.78, 5) is 20.4. The Morgan fingerprint density at radius 3 is 2.24 bits per heavy atom. The Bertz CT molecular complexity index is 467. The van der Waals surface area contributed by atoms with Crippen LogP contribution < -0.4 is 0 Å². The Kier molecular flexibility index (Phi) is 3.03. The Morgan fingerprint density at radius 2 is 1.71 bits per heavy atom. The van der Waals surface area contributed by atoms with E-state index < -0.39 is 9.85 Å². The zero-order valence-corrected chi connectivity index (χ0v) is 9.17. The van der Waals surface area contributed by atoms with E-state index in [9.17, 15) is 20.2 Å². The van der Waals surface area contributed by atoms with Crippen LogP contribution in [0.15, 0.2) is 18.2 Å². The van der Waals surface area contributed by atoms with Gasteiger partial charge in [0.25, 0.3) is 11.4 Å². The zero-order valence-electron chi connectivity index (χ0n) is 9.17. The molecule has 0 N–H and O–H groups in total. The number of nitro groups is 2.